The highest BCUT2D eigenvalue weighted by atomic mass is 16.5. The Morgan fingerprint density at radius 3 is 2.48 bits per heavy atom. The van der Waals surface area contributed by atoms with Crippen molar-refractivity contribution in [2.45, 2.75) is 31.9 Å². The van der Waals surface area contributed by atoms with Gasteiger partial charge in [-0.05, 0) is 31.4 Å². The maximum absolute atomic E-state index is 11.1. The van der Waals surface area contributed by atoms with Crippen molar-refractivity contribution in [1.82, 2.24) is 4.90 Å². The predicted octanol–water partition coefficient (Wildman–Crippen LogP) is 4.05. The SMILES string of the molecule is C=CCOc1c(CN2CCC(O)(c3ccc(C)cc3)CC2)cccc1OC. The first-order chi connectivity index (χ1) is 13.1. The summed E-state index contributed by atoms with van der Waals surface area (Å²) >= 11 is 0. The first-order valence-corrected chi connectivity index (χ1v) is 9.47. The molecule has 0 unspecified atom stereocenters. The van der Waals surface area contributed by atoms with Crippen molar-refractivity contribution in [2.24, 2.45) is 0 Å². The molecule has 1 fully saturated rings. The van der Waals surface area contributed by atoms with E-state index in [0.29, 0.717) is 6.61 Å². The fraction of sp³-hybridized carbons (Fsp3) is 0.391. The van der Waals surface area contributed by atoms with Crippen LogP contribution in [0.4, 0.5) is 0 Å². The van der Waals surface area contributed by atoms with E-state index >= 15 is 0 Å². The molecular formula is C23H29NO3. The fourth-order valence-electron chi connectivity index (χ4n) is 3.63. The van der Waals surface area contributed by atoms with Gasteiger partial charge in [0.1, 0.15) is 6.61 Å². The largest absolute Gasteiger partial charge is 0.493 e. The number of ether oxygens (including phenoxy) is 2. The number of nitrogens with zero attached hydrogens (tertiary/aromatic N) is 1. The van der Waals surface area contributed by atoms with Gasteiger partial charge in [0.15, 0.2) is 11.5 Å². The molecule has 0 saturated carbocycles. The van der Waals surface area contributed by atoms with Crippen molar-refractivity contribution in [2.75, 3.05) is 26.8 Å². The van der Waals surface area contributed by atoms with Crippen LogP contribution in [0.2, 0.25) is 0 Å². The smallest absolute Gasteiger partial charge is 0.166 e. The monoisotopic (exact) mass is 367 g/mol. The van der Waals surface area contributed by atoms with Gasteiger partial charge in [-0.25, -0.2) is 0 Å². The third-order valence-electron chi connectivity index (χ3n) is 5.29. The molecule has 4 heteroatoms. The van der Waals surface area contributed by atoms with E-state index < -0.39 is 5.60 Å². The van der Waals surface area contributed by atoms with Crippen LogP contribution in [0.1, 0.15) is 29.5 Å². The number of methoxy groups -OCH3 is 1. The zero-order chi connectivity index (χ0) is 19.3. The van der Waals surface area contributed by atoms with E-state index in [-0.39, 0.29) is 0 Å². The van der Waals surface area contributed by atoms with Gasteiger partial charge in [-0.15, -0.1) is 0 Å². The van der Waals surface area contributed by atoms with E-state index in [1.807, 2.05) is 24.3 Å². The zero-order valence-corrected chi connectivity index (χ0v) is 16.3. The fourth-order valence-corrected chi connectivity index (χ4v) is 3.63. The van der Waals surface area contributed by atoms with Crippen LogP contribution in [-0.4, -0.2) is 36.8 Å². The number of benzene rings is 2. The van der Waals surface area contributed by atoms with Gasteiger partial charge < -0.3 is 14.6 Å². The number of rotatable bonds is 7. The van der Waals surface area contributed by atoms with Gasteiger partial charge in [0.25, 0.3) is 0 Å². The Kier molecular flexibility index (Phi) is 6.19. The van der Waals surface area contributed by atoms with Crippen molar-refractivity contribution in [3.8, 4) is 11.5 Å². The van der Waals surface area contributed by atoms with Crippen LogP contribution in [0.25, 0.3) is 0 Å². The molecule has 0 atom stereocenters. The first-order valence-electron chi connectivity index (χ1n) is 9.47. The maximum atomic E-state index is 11.1. The van der Waals surface area contributed by atoms with Crippen LogP contribution in [-0.2, 0) is 12.1 Å². The Bertz CT molecular complexity index is 762. The van der Waals surface area contributed by atoms with Gasteiger partial charge in [-0.1, -0.05) is 54.6 Å². The molecule has 1 aliphatic rings. The lowest BCUT2D eigenvalue weighted by atomic mass is 9.84. The normalized spacial score (nSPS) is 16.7. The van der Waals surface area contributed by atoms with E-state index in [9.17, 15) is 5.11 Å². The summed E-state index contributed by atoms with van der Waals surface area (Å²) in [6.45, 7) is 8.68. The summed E-state index contributed by atoms with van der Waals surface area (Å²) in [7, 11) is 1.66. The molecule has 3 rings (SSSR count). The van der Waals surface area contributed by atoms with Crippen LogP contribution < -0.4 is 9.47 Å². The van der Waals surface area contributed by atoms with Crippen LogP contribution >= 0.6 is 0 Å². The quantitative estimate of drug-likeness (QED) is 0.750. The highest BCUT2D eigenvalue weighted by Crippen LogP contribution is 2.36. The summed E-state index contributed by atoms with van der Waals surface area (Å²) in [6.07, 6.45) is 3.19. The average Bonchev–Trinajstić information content (AvgIpc) is 2.69. The number of hydrogen-bond acceptors (Lipinski definition) is 4. The van der Waals surface area contributed by atoms with Crippen LogP contribution in [0.5, 0.6) is 11.5 Å². The lowest BCUT2D eigenvalue weighted by Crippen LogP contribution is -2.42. The third-order valence-corrected chi connectivity index (χ3v) is 5.29. The standard InChI is InChI=1S/C23H29NO3/c1-4-16-27-22-19(6-5-7-21(22)26-3)17-24-14-12-23(25,13-15-24)20-10-8-18(2)9-11-20/h4-11,25H,1,12-17H2,2-3H3. The highest BCUT2D eigenvalue weighted by molar-refractivity contribution is 5.46. The van der Waals surface area contributed by atoms with Gasteiger partial charge in [0.2, 0.25) is 0 Å². The van der Waals surface area contributed by atoms with Crippen molar-refractivity contribution < 1.29 is 14.6 Å². The van der Waals surface area contributed by atoms with E-state index in [2.05, 4.69) is 36.6 Å². The van der Waals surface area contributed by atoms with E-state index in [1.165, 1.54) is 5.56 Å². The molecule has 1 N–H and O–H groups in total. The number of para-hydroxylation sites is 1. The van der Waals surface area contributed by atoms with Gasteiger partial charge >= 0.3 is 0 Å². The Morgan fingerprint density at radius 1 is 1.15 bits per heavy atom. The topological polar surface area (TPSA) is 41.9 Å². The second kappa shape index (κ2) is 8.59. The van der Waals surface area contributed by atoms with Gasteiger partial charge in [-0.3, -0.25) is 4.90 Å². The molecule has 1 aliphatic heterocycles. The molecule has 1 heterocycles. The number of piperidine rings is 1. The summed E-state index contributed by atoms with van der Waals surface area (Å²) < 4.78 is 11.3. The Labute approximate surface area is 162 Å². The van der Waals surface area contributed by atoms with Crippen molar-refractivity contribution >= 4 is 0 Å². The summed E-state index contributed by atoms with van der Waals surface area (Å²) in [5.74, 6) is 1.52. The summed E-state index contributed by atoms with van der Waals surface area (Å²) in [5, 5.41) is 11.1. The number of likely N-dealkylation sites (tertiary alicyclic amines) is 1. The van der Waals surface area contributed by atoms with Crippen LogP contribution in [0, 0.1) is 6.92 Å². The molecule has 0 aliphatic carbocycles. The molecule has 1 saturated heterocycles. The van der Waals surface area contributed by atoms with Crippen molar-refractivity contribution in [3.63, 3.8) is 0 Å². The lowest BCUT2D eigenvalue weighted by molar-refractivity contribution is -0.0278. The molecule has 27 heavy (non-hydrogen) atoms. The molecule has 2 aromatic carbocycles. The summed E-state index contributed by atoms with van der Waals surface area (Å²) in [6, 6.07) is 14.2. The first kappa shape index (κ1) is 19.5. The Morgan fingerprint density at radius 2 is 1.85 bits per heavy atom. The molecule has 0 aromatic heterocycles. The minimum atomic E-state index is -0.735. The van der Waals surface area contributed by atoms with Crippen molar-refractivity contribution in [3.05, 3.63) is 71.8 Å². The minimum Gasteiger partial charge on any atom is -0.493 e. The van der Waals surface area contributed by atoms with Gasteiger partial charge in [0.05, 0.1) is 12.7 Å². The van der Waals surface area contributed by atoms with Crippen molar-refractivity contribution in [1.29, 1.82) is 0 Å². The molecule has 0 amide bonds. The van der Waals surface area contributed by atoms with E-state index in [4.69, 9.17) is 9.47 Å². The minimum absolute atomic E-state index is 0.445. The Balaban J connectivity index is 1.69. The molecule has 0 bridgehead atoms. The highest BCUT2D eigenvalue weighted by Gasteiger charge is 2.34. The molecule has 144 valence electrons. The molecule has 2 aromatic rings. The number of aliphatic hydroxyl groups is 1. The maximum Gasteiger partial charge on any atom is 0.166 e. The Hall–Kier alpha value is -2.30. The molecule has 4 nitrogen and oxygen atoms in total. The van der Waals surface area contributed by atoms with Crippen LogP contribution in [0.15, 0.2) is 55.1 Å². The van der Waals surface area contributed by atoms with Crippen LogP contribution in [0.3, 0.4) is 0 Å². The number of hydrogen-bond donors (Lipinski definition) is 1. The summed E-state index contributed by atoms with van der Waals surface area (Å²) in [5.41, 5.74) is 2.59. The van der Waals surface area contributed by atoms with E-state index in [1.54, 1.807) is 13.2 Å². The second-order valence-electron chi connectivity index (χ2n) is 7.22. The predicted molar refractivity (Wildman–Crippen MR) is 108 cm³/mol. The number of aryl methyl sites for hydroxylation is 1. The summed E-state index contributed by atoms with van der Waals surface area (Å²) in [4.78, 5) is 2.36. The second-order valence-corrected chi connectivity index (χ2v) is 7.22. The van der Waals surface area contributed by atoms with E-state index in [0.717, 1.165) is 55.1 Å². The molecule has 0 radical (unpaired) electrons. The third kappa shape index (κ3) is 4.52. The lowest BCUT2D eigenvalue weighted by Gasteiger charge is -2.38. The van der Waals surface area contributed by atoms with Gasteiger partial charge in [0, 0.05) is 25.2 Å². The zero-order valence-electron chi connectivity index (χ0n) is 16.3. The molecular weight excluding hydrogens is 338 g/mol. The molecule has 0 spiro atoms. The van der Waals surface area contributed by atoms with Gasteiger partial charge in [-0.2, -0.15) is 0 Å². The average molecular weight is 367 g/mol.